The van der Waals surface area contributed by atoms with Crippen LogP contribution in [0.25, 0.3) is 0 Å². The van der Waals surface area contributed by atoms with Crippen molar-refractivity contribution in [3.63, 3.8) is 0 Å². The molecule has 0 heterocycles. The first-order chi connectivity index (χ1) is 11.0. The minimum atomic E-state index is -4.37. The van der Waals surface area contributed by atoms with E-state index in [2.05, 4.69) is 20.9 Å². The van der Waals surface area contributed by atoms with Gasteiger partial charge in [-0.1, -0.05) is 12.1 Å². The van der Waals surface area contributed by atoms with Crippen molar-refractivity contribution < 1.29 is 18.0 Å². The van der Waals surface area contributed by atoms with E-state index in [0.29, 0.717) is 11.5 Å². The highest BCUT2D eigenvalue weighted by atomic mass is 127. The van der Waals surface area contributed by atoms with Gasteiger partial charge in [-0.2, -0.15) is 13.2 Å². The number of alkyl halides is 3. The van der Waals surface area contributed by atoms with Crippen molar-refractivity contribution in [3.8, 4) is 0 Å². The molecule has 0 aliphatic heterocycles. The van der Waals surface area contributed by atoms with Crippen LogP contribution in [-0.2, 0) is 17.5 Å². The predicted molar refractivity (Wildman–Crippen MR) is 103 cm³/mol. The highest BCUT2D eigenvalue weighted by molar-refractivity contribution is 14.0. The van der Waals surface area contributed by atoms with Gasteiger partial charge in [-0.3, -0.25) is 9.79 Å². The molecule has 0 spiro atoms. The van der Waals surface area contributed by atoms with Gasteiger partial charge in [-0.15, -0.1) is 24.0 Å². The standard InChI is InChI=1S/C16H23F3N4O.HI/c1-15(2,3)23-13(24)10-22-14(20-4)21-9-11-6-5-7-12(8-11)16(17,18)19;/h5-8H,9-10H2,1-4H3,(H,23,24)(H2,20,21,22);1H. The van der Waals surface area contributed by atoms with E-state index in [1.165, 1.54) is 13.1 Å². The summed E-state index contributed by atoms with van der Waals surface area (Å²) in [5.41, 5.74) is -0.575. The van der Waals surface area contributed by atoms with Crippen LogP contribution in [0.4, 0.5) is 13.2 Å². The summed E-state index contributed by atoms with van der Waals surface area (Å²) in [5.74, 6) is 0.126. The van der Waals surface area contributed by atoms with Crippen molar-refractivity contribution >= 4 is 35.8 Å². The molecule has 1 aromatic carbocycles. The Balaban J connectivity index is 0.00000576. The van der Waals surface area contributed by atoms with Gasteiger partial charge in [-0.25, -0.2) is 0 Å². The second-order valence-corrected chi connectivity index (χ2v) is 6.28. The van der Waals surface area contributed by atoms with Crippen molar-refractivity contribution in [1.29, 1.82) is 0 Å². The van der Waals surface area contributed by atoms with Crippen LogP contribution in [0, 0.1) is 0 Å². The summed E-state index contributed by atoms with van der Waals surface area (Å²) in [7, 11) is 1.52. The average Bonchev–Trinajstić information content (AvgIpc) is 2.45. The number of rotatable bonds is 4. The molecule has 0 aliphatic rings. The lowest BCUT2D eigenvalue weighted by atomic mass is 10.1. The number of guanidine groups is 1. The zero-order valence-corrected chi connectivity index (χ0v) is 17.0. The van der Waals surface area contributed by atoms with Crippen molar-refractivity contribution in [1.82, 2.24) is 16.0 Å². The summed E-state index contributed by atoms with van der Waals surface area (Å²) in [6, 6.07) is 5.04. The average molecular weight is 472 g/mol. The number of halogens is 4. The maximum Gasteiger partial charge on any atom is 0.416 e. The van der Waals surface area contributed by atoms with Crippen LogP contribution in [0.15, 0.2) is 29.3 Å². The minimum absolute atomic E-state index is 0. The maximum absolute atomic E-state index is 12.7. The zero-order valence-electron chi connectivity index (χ0n) is 14.6. The summed E-state index contributed by atoms with van der Waals surface area (Å²) in [4.78, 5) is 15.7. The van der Waals surface area contributed by atoms with E-state index in [0.717, 1.165) is 12.1 Å². The van der Waals surface area contributed by atoms with Gasteiger partial charge < -0.3 is 16.0 Å². The van der Waals surface area contributed by atoms with Crippen molar-refractivity contribution in [2.24, 2.45) is 4.99 Å². The molecular weight excluding hydrogens is 448 g/mol. The fourth-order valence-electron chi connectivity index (χ4n) is 1.89. The van der Waals surface area contributed by atoms with Gasteiger partial charge in [0.25, 0.3) is 0 Å². The van der Waals surface area contributed by atoms with Gasteiger partial charge >= 0.3 is 6.18 Å². The quantitative estimate of drug-likeness (QED) is 0.359. The van der Waals surface area contributed by atoms with E-state index in [-0.39, 0.29) is 48.5 Å². The molecule has 0 atom stereocenters. The van der Waals surface area contributed by atoms with Gasteiger partial charge in [0.05, 0.1) is 12.1 Å². The summed E-state index contributed by atoms with van der Waals surface area (Å²) in [6.45, 7) is 5.77. The highest BCUT2D eigenvalue weighted by Crippen LogP contribution is 2.29. The minimum Gasteiger partial charge on any atom is -0.352 e. The highest BCUT2D eigenvalue weighted by Gasteiger charge is 2.30. The number of amides is 1. The second kappa shape index (κ2) is 9.83. The van der Waals surface area contributed by atoms with Crippen LogP contribution >= 0.6 is 24.0 Å². The van der Waals surface area contributed by atoms with Crippen molar-refractivity contribution in [2.75, 3.05) is 13.6 Å². The van der Waals surface area contributed by atoms with E-state index in [1.807, 2.05) is 20.8 Å². The normalized spacial score (nSPS) is 12.2. The Hall–Kier alpha value is -1.52. The first-order valence-corrected chi connectivity index (χ1v) is 7.43. The molecule has 0 bridgehead atoms. The largest absolute Gasteiger partial charge is 0.416 e. The van der Waals surface area contributed by atoms with Gasteiger partial charge in [0.15, 0.2) is 5.96 Å². The first-order valence-electron chi connectivity index (χ1n) is 7.43. The lowest BCUT2D eigenvalue weighted by Gasteiger charge is -2.21. The molecule has 0 unspecified atom stereocenters. The number of nitrogens with one attached hydrogen (secondary N) is 3. The van der Waals surface area contributed by atoms with Crippen LogP contribution < -0.4 is 16.0 Å². The van der Waals surface area contributed by atoms with Crippen molar-refractivity contribution in [2.45, 2.75) is 39.0 Å². The Morgan fingerprint density at radius 3 is 2.32 bits per heavy atom. The molecule has 0 aromatic heterocycles. The lowest BCUT2D eigenvalue weighted by Crippen LogP contribution is -2.48. The van der Waals surface area contributed by atoms with E-state index >= 15 is 0 Å². The number of hydrogen-bond acceptors (Lipinski definition) is 2. The molecule has 0 fully saturated rings. The molecule has 142 valence electrons. The van der Waals surface area contributed by atoms with Gasteiger partial charge in [0.1, 0.15) is 0 Å². The van der Waals surface area contributed by atoms with Gasteiger partial charge in [0, 0.05) is 19.1 Å². The number of benzene rings is 1. The Kier molecular flexibility index (Phi) is 9.23. The molecular formula is C16H24F3IN4O. The van der Waals surface area contributed by atoms with Gasteiger partial charge in [0.2, 0.25) is 5.91 Å². The van der Waals surface area contributed by atoms with Gasteiger partial charge in [-0.05, 0) is 38.5 Å². The lowest BCUT2D eigenvalue weighted by molar-refractivity contribution is -0.137. The fraction of sp³-hybridized carbons (Fsp3) is 0.500. The molecule has 1 amide bonds. The summed E-state index contributed by atoms with van der Waals surface area (Å²) in [5, 5.41) is 8.47. The molecule has 0 saturated heterocycles. The third-order valence-corrected chi connectivity index (χ3v) is 2.87. The Bertz CT molecular complexity index is 598. The Labute approximate surface area is 162 Å². The SMILES string of the molecule is CN=C(NCC(=O)NC(C)(C)C)NCc1cccc(C(F)(F)F)c1.I. The first kappa shape index (κ1) is 23.5. The molecule has 1 aromatic rings. The Morgan fingerprint density at radius 1 is 1.16 bits per heavy atom. The monoisotopic (exact) mass is 472 g/mol. The molecule has 5 nitrogen and oxygen atoms in total. The van der Waals surface area contributed by atoms with Crippen LogP contribution in [-0.4, -0.2) is 31.0 Å². The fourth-order valence-corrected chi connectivity index (χ4v) is 1.89. The maximum atomic E-state index is 12.7. The number of carbonyl (C=O) groups excluding carboxylic acids is 1. The van der Waals surface area contributed by atoms with Crippen LogP contribution in [0.2, 0.25) is 0 Å². The molecule has 25 heavy (non-hydrogen) atoms. The second-order valence-electron chi connectivity index (χ2n) is 6.28. The van der Waals surface area contributed by atoms with Crippen LogP contribution in [0.1, 0.15) is 31.9 Å². The predicted octanol–water partition coefficient (Wildman–Crippen LogP) is 2.90. The van der Waals surface area contributed by atoms with Crippen molar-refractivity contribution in [3.05, 3.63) is 35.4 Å². The molecule has 9 heteroatoms. The van der Waals surface area contributed by atoms with E-state index < -0.39 is 11.7 Å². The molecule has 0 saturated carbocycles. The number of aliphatic imine (C=N–C) groups is 1. The van der Waals surface area contributed by atoms with E-state index in [1.54, 1.807) is 6.07 Å². The number of nitrogens with zero attached hydrogens (tertiary/aromatic N) is 1. The molecule has 1 rings (SSSR count). The number of carbonyl (C=O) groups is 1. The smallest absolute Gasteiger partial charge is 0.352 e. The van der Waals surface area contributed by atoms with Crippen LogP contribution in [0.3, 0.4) is 0 Å². The summed E-state index contributed by atoms with van der Waals surface area (Å²) >= 11 is 0. The van der Waals surface area contributed by atoms with E-state index in [9.17, 15) is 18.0 Å². The summed E-state index contributed by atoms with van der Waals surface area (Å²) < 4.78 is 38.0. The third-order valence-electron chi connectivity index (χ3n) is 2.87. The molecule has 0 radical (unpaired) electrons. The molecule has 3 N–H and O–H groups in total. The zero-order chi connectivity index (χ0) is 18.4. The topological polar surface area (TPSA) is 65.5 Å². The summed E-state index contributed by atoms with van der Waals surface area (Å²) in [6.07, 6.45) is -4.37. The number of hydrogen-bond donors (Lipinski definition) is 3. The molecule has 0 aliphatic carbocycles. The Morgan fingerprint density at radius 2 is 1.80 bits per heavy atom. The van der Waals surface area contributed by atoms with Crippen LogP contribution in [0.5, 0.6) is 0 Å². The van der Waals surface area contributed by atoms with E-state index in [4.69, 9.17) is 0 Å². The third kappa shape index (κ3) is 9.51.